The van der Waals surface area contributed by atoms with Crippen molar-refractivity contribution in [2.45, 2.75) is 0 Å². The fourth-order valence-electron chi connectivity index (χ4n) is 1.41. The molecule has 4 nitrogen and oxygen atoms in total. The summed E-state index contributed by atoms with van der Waals surface area (Å²) in [7, 11) is 0. The van der Waals surface area contributed by atoms with Gasteiger partial charge in [-0.05, 0) is 6.07 Å². The first-order valence-electron chi connectivity index (χ1n) is 4.59. The van der Waals surface area contributed by atoms with Gasteiger partial charge in [-0.15, -0.1) is 0 Å². The Labute approximate surface area is 94.6 Å². The van der Waals surface area contributed by atoms with Crippen molar-refractivity contribution in [2.24, 2.45) is 0 Å². The number of aromatic nitrogens is 2. The molecule has 17 heavy (non-hydrogen) atoms. The van der Waals surface area contributed by atoms with Crippen molar-refractivity contribution in [2.75, 3.05) is 0 Å². The summed E-state index contributed by atoms with van der Waals surface area (Å²) in [5.74, 6) is -3.50. The average Bonchev–Trinajstić information content (AvgIpc) is 2.33. The van der Waals surface area contributed by atoms with Crippen molar-refractivity contribution in [3.05, 3.63) is 48.1 Å². The van der Waals surface area contributed by atoms with Crippen LogP contribution < -0.4 is 0 Å². The monoisotopic (exact) mass is 236 g/mol. The highest BCUT2D eigenvalue weighted by molar-refractivity contribution is 5.93. The molecule has 0 saturated heterocycles. The Hall–Kier alpha value is -2.37. The lowest BCUT2D eigenvalue weighted by atomic mass is 10.0. The van der Waals surface area contributed by atoms with E-state index in [1.807, 2.05) is 0 Å². The van der Waals surface area contributed by atoms with Gasteiger partial charge in [-0.3, -0.25) is 0 Å². The highest BCUT2D eigenvalue weighted by Gasteiger charge is 2.17. The van der Waals surface area contributed by atoms with Crippen LogP contribution in [0.2, 0.25) is 0 Å². The van der Waals surface area contributed by atoms with Crippen LogP contribution in [0.4, 0.5) is 8.78 Å². The number of nitrogens with zero attached hydrogens (tertiary/aromatic N) is 2. The third-order valence-electron chi connectivity index (χ3n) is 2.16. The van der Waals surface area contributed by atoms with Crippen molar-refractivity contribution in [3.63, 3.8) is 0 Å². The van der Waals surface area contributed by atoms with Crippen LogP contribution >= 0.6 is 0 Å². The summed E-state index contributed by atoms with van der Waals surface area (Å²) >= 11 is 0. The Kier molecular flexibility index (Phi) is 2.78. The summed E-state index contributed by atoms with van der Waals surface area (Å²) in [5, 5.41) is 8.88. The number of carboxylic acid groups (broad SMARTS) is 1. The summed E-state index contributed by atoms with van der Waals surface area (Å²) in [5.41, 5.74) is -0.607. The zero-order chi connectivity index (χ0) is 12.4. The topological polar surface area (TPSA) is 63.1 Å². The first-order chi connectivity index (χ1) is 8.11. The van der Waals surface area contributed by atoms with Crippen molar-refractivity contribution >= 4 is 5.97 Å². The van der Waals surface area contributed by atoms with E-state index in [1.54, 1.807) is 0 Å². The molecule has 0 bridgehead atoms. The maximum absolute atomic E-state index is 13.5. The lowest BCUT2D eigenvalue weighted by Crippen LogP contribution is -2.04. The molecule has 0 saturated carbocycles. The molecule has 1 aromatic carbocycles. The van der Waals surface area contributed by atoms with E-state index < -0.39 is 17.6 Å². The molecule has 0 atom stereocenters. The smallest absolute Gasteiger partial charge is 0.355 e. The molecule has 0 aliphatic heterocycles. The zero-order valence-electron chi connectivity index (χ0n) is 8.39. The van der Waals surface area contributed by atoms with Crippen molar-refractivity contribution in [3.8, 4) is 11.1 Å². The predicted molar refractivity (Wildman–Crippen MR) is 54.3 cm³/mol. The maximum atomic E-state index is 13.5. The van der Waals surface area contributed by atoms with Crippen LogP contribution in [0.3, 0.4) is 0 Å². The molecule has 0 aliphatic rings. The largest absolute Gasteiger partial charge is 0.476 e. The summed E-state index contributed by atoms with van der Waals surface area (Å²) in [6.45, 7) is 0. The fourth-order valence-corrected chi connectivity index (χ4v) is 1.41. The molecule has 0 aliphatic carbocycles. The van der Waals surface area contributed by atoms with Crippen molar-refractivity contribution in [1.82, 2.24) is 9.97 Å². The van der Waals surface area contributed by atoms with Crippen LogP contribution in [0.5, 0.6) is 0 Å². The first kappa shape index (κ1) is 11.1. The van der Waals surface area contributed by atoms with Gasteiger partial charge in [0.1, 0.15) is 6.33 Å². The second kappa shape index (κ2) is 4.25. The van der Waals surface area contributed by atoms with Crippen molar-refractivity contribution in [1.29, 1.82) is 0 Å². The van der Waals surface area contributed by atoms with Crippen LogP contribution in [0.25, 0.3) is 11.1 Å². The Morgan fingerprint density at radius 3 is 2.71 bits per heavy atom. The van der Waals surface area contributed by atoms with Gasteiger partial charge < -0.3 is 5.11 Å². The average molecular weight is 236 g/mol. The van der Waals surface area contributed by atoms with E-state index in [2.05, 4.69) is 9.97 Å². The normalized spacial score (nSPS) is 10.2. The third-order valence-corrected chi connectivity index (χ3v) is 2.16. The van der Waals surface area contributed by atoms with E-state index in [9.17, 15) is 13.6 Å². The Morgan fingerprint density at radius 1 is 1.24 bits per heavy atom. The highest BCUT2D eigenvalue weighted by Crippen LogP contribution is 2.25. The van der Waals surface area contributed by atoms with E-state index in [0.717, 1.165) is 18.6 Å². The SMILES string of the molecule is O=C(O)c1ncncc1-c1cccc(F)c1F. The van der Waals surface area contributed by atoms with Crippen LogP contribution in [-0.2, 0) is 0 Å². The van der Waals surface area contributed by atoms with Gasteiger partial charge in [0.15, 0.2) is 17.3 Å². The molecule has 1 heterocycles. The number of carbonyl (C=O) groups is 1. The van der Waals surface area contributed by atoms with Gasteiger partial charge in [-0.1, -0.05) is 12.1 Å². The summed E-state index contributed by atoms with van der Waals surface area (Å²) in [6.07, 6.45) is 2.17. The van der Waals surface area contributed by atoms with Gasteiger partial charge in [0.2, 0.25) is 0 Å². The maximum Gasteiger partial charge on any atom is 0.355 e. The molecule has 2 aromatic rings. The van der Waals surface area contributed by atoms with Gasteiger partial charge in [0.25, 0.3) is 0 Å². The Balaban J connectivity index is 2.69. The molecule has 1 aromatic heterocycles. The third kappa shape index (κ3) is 1.96. The van der Waals surface area contributed by atoms with Gasteiger partial charge in [-0.25, -0.2) is 23.5 Å². The molecule has 1 N–H and O–H groups in total. The molecule has 0 radical (unpaired) electrons. The second-order valence-electron chi connectivity index (χ2n) is 3.19. The first-order valence-corrected chi connectivity index (χ1v) is 4.59. The summed E-state index contributed by atoms with van der Waals surface area (Å²) in [4.78, 5) is 18.0. The number of hydrogen-bond donors (Lipinski definition) is 1. The van der Waals surface area contributed by atoms with E-state index in [4.69, 9.17) is 5.11 Å². The molecule has 0 unspecified atom stereocenters. The lowest BCUT2D eigenvalue weighted by molar-refractivity contribution is 0.0691. The second-order valence-corrected chi connectivity index (χ2v) is 3.19. The molecule has 86 valence electrons. The van der Waals surface area contributed by atoms with E-state index in [1.165, 1.54) is 12.1 Å². The molecule has 0 fully saturated rings. The minimum atomic E-state index is -1.33. The van der Waals surface area contributed by atoms with Crippen LogP contribution in [0.15, 0.2) is 30.7 Å². The van der Waals surface area contributed by atoms with E-state index in [-0.39, 0.29) is 16.8 Å². The number of carboxylic acids is 1. The number of hydrogen-bond acceptors (Lipinski definition) is 3. The fraction of sp³-hybridized carbons (Fsp3) is 0. The molecule has 2 rings (SSSR count). The van der Waals surface area contributed by atoms with Gasteiger partial charge in [0.05, 0.1) is 0 Å². The van der Waals surface area contributed by atoms with Crippen molar-refractivity contribution < 1.29 is 18.7 Å². The summed E-state index contributed by atoms with van der Waals surface area (Å²) in [6, 6.07) is 3.50. The number of rotatable bonds is 2. The van der Waals surface area contributed by atoms with E-state index in [0.29, 0.717) is 0 Å². The zero-order valence-corrected chi connectivity index (χ0v) is 8.39. The van der Waals surface area contributed by atoms with Gasteiger partial charge >= 0.3 is 5.97 Å². The molecular formula is C11H6F2N2O2. The minimum absolute atomic E-state index is 0.0583. The van der Waals surface area contributed by atoms with Crippen LogP contribution in [0.1, 0.15) is 10.5 Å². The number of halogens is 2. The van der Waals surface area contributed by atoms with Crippen LogP contribution in [-0.4, -0.2) is 21.0 Å². The van der Waals surface area contributed by atoms with Gasteiger partial charge in [0, 0.05) is 17.3 Å². The number of benzene rings is 1. The Bertz CT molecular complexity index is 587. The lowest BCUT2D eigenvalue weighted by Gasteiger charge is -2.05. The molecular weight excluding hydrogens is 230 g/mol. The molecule has 0 amide bonds. The Morgan fingerprint density at radius 2 is 2.00 bits per heavy atom. The van der Waals surface area contributed by atoms with Crippen LogP contribution in [0, 0.1) is 11.6 Å². The minimum Gasteiger partial charge on any atom is -0.476 e. The summed E-state index contributed by atoms with van der Waals surface area (Å²) < 4.78 is 26.5. The van der Waals surface area contributed by atoms with E-state index >= 15 is 0 Å². The molecule has 6 heteroatoms. The quantitative estimate of drug-likeness (QED) is 0.867. The molecule has 0 spiro atoms. The van der Waals surface area contributed by atoms with Gasteiger partial charge in [-0.2, -0.15) is 0 Å². The standard InChI is InChI=1S/C11H6F2N2O2/c12-8-3-1-2-6(9(8)13)7-4-14-5-15-10(7)11(16)17/h1-5H,(H,16,17). The highest BCUT2D eigenvalue weighted by atomic mass is 19.2. The number of aromatic carboxylic acids is 1. The predicted octanol–water partition coefficient (Wildman–Crippen LogP) is 2.12.